The highest BCUT2D eigenvalue weighted by Crippen LogP contribution is 2.27. The second-order valence-corrected chi connectivity index (χ2v) is 9.80. The van der Waals surface area contributed by atoms with Crippen molar-refractivity contribution in [1.82, 2.24) is 14.5 Å². The van der Waals surface area contributed by atoms with Crippen LogP contribution in [0.15, 0.2) is 47.3 Å². The topological polar surface area (TPSA) is 79.8 Å². The number of carbonyl (C=O) groups excluding carboxylic acids is 1. The highest BCUT2D eigenvalue weighted by atomic mass is 32.2. The molecule has 6 nitrogen and oxygen atoms in total. The van der Waals surface area contributed by atoms with Crippen molar-refractivity contribution in [2.45, 2.75) is 45.2 Å². The predicted molar refractivity (Wildman–Crippen MR) is 125 cm³/mol. The summed E-state index contributed by atoms with van der Waals surface area (Å²) in [5.74, 6) is 1.99. The van der Waals surface area contributed by atoms with Crippen LogP contribution in [-0.4, -0.2) is 32.1 Å². The average molecular weight is 435 g/mol. The summed E-state index contributed by atoms with van der Waals surface area (Å²) in [6.07, 6.45) is 1.90. The number of amides is 1. The van der Waals surface area contributed by atoms with E-state index in [-0.39, 0.29) is 23.2 Å². The molecule has 0 saturated carbocycles. The number of nitriles is 1. The SMILES string of the molecule is CC(C)n1c(=O)n(-c2cccc(C#N)c2)c2ccc(C(=O)NC3(C)CCSCC3)cc21. The smallest absolute Gasteiger partial charge is 0.333 e. The van der Waals surface area contributed by atoms with Gasteiger partial charge in [0.05, 0.1) is 28.4 Å². The summed E-state index contributed by atoms with van der Waals surface area (Å²) in [6.45, 7) is 6.00. The zero-order chi connectivity index (χ0) is 22.2. The Labute approximate surface area is 185 Å². The van der Waals surface area contributed by atoms with Crippen LogP contribution in [0.5, 0.6) is 0 Å². The maximum Gasteiger partial charge on any atom is 0.333 e. The van der Waals surface area contributed by atoms with Gasteiger partial charge in [0.15, 0.2) is 0 Å². The number of nitrogens with zero attached hydrogens (tertiary/aromatic N) is 3. The van der Waals surface area contributed by atoms with E-state index in [4.69, 9.17) is 0 Å². The van der Waals surface area contributed by atoms with Crippen molar-refractivity contribution >= 4 is 28.7 Å². The maximum atomic E-state index is 13.3. The molecule has 1 amide bonds. The van der Waals surface area contributed by atoms with E-state index in [1.807, 2.05) is 37.7 Å². The fourth-order valence-corrected chi connectivity index (χ4v) is 5.51. The molecule has 2 aromatic carbocycles. The molecule has 0 atom stereocenters. The molecule has 3 aromatic rings. The van der Waals surface area contributed by atoms with Crippen LogP contribution in [0.25, 0.3) is 16.7 Å². The number of imidazole rings is 1. The normalized spacial score (nSPS) is 15.7. The standard InChI is InChI=1S/C24H26N4O2S/c1-16(2)27-21-14-18(22(29)26-24(3)9-11-31-12-10-24)7-8-20(21)28(23(27)30)19-6-4-5-17(13-19)15-25/h4-8,13-14,16H,9-12H2,1-3H3,(H,26,29). The third kappa shape index (κ3) is 4.00. The molecule has 7 heteroatoms. The van der Waals surface area contributed by atoms with Gasteiger partial charge >= 0.3 is 5.69 Å². The Hall–Kier alpha value is -2.98. The molecule has 1 fully saturated rings. The number of carbonyl (C=O) groups is 1. The fourth-order valence-electron chi connectivity index (χ4n) is 4.12. The van der Waals surface area contributed by atoms with Crippen molar-refractivity contribution in [2.75, 3.05) is 11.5 Å². The highest BCUT2D eigenvalue weighted by Gasteiger charge is 2.29. The summed E-state index contributed by atoms with van der Waals surface area (Å²) >= 11 is 1.92. The van der Waals surface area contributed by atoms with Gasteiger partial charge in [-0.3, -0.25) is 13.9 Å². The van der Waals surface area contributed by atoms with Crippen LogP contribution >= 0.6 is 11.8 Å². The molecule has 1 saturated heterocycles. The molecule has 1 aliphatic heterocycles. The summed E-state index contributed by atoms with van der Waals surface area (Å²) in [4.78, 5) is 26.4. The predicted octanol–water partition coefficient (Wildman–Crippen LogP) is 4.26. The average Bonchev–Trinajstić information content (AvgIpc) is 3.05. The number of fused-ring (bicyclic) bond motifs is 1. The lowest BCUT2D eigenvalue weighted by atomic mass is 9.94. The zero-order valence-electron chi connectivity index (χ0n) is 18.0. The molecule has 0 aliphatic carbocycles. The minimum absolute atomic E-state index is 0.0819. The van der Waals surface area contributed by atoms with Gasteiger partial charge in [0.25, 0.3) is 5.91 Å². The molecule has 1 aromatic heterocycles. The minimum Gasteiger partial charge on any atom is -0.347 e. The van der Waals surface area contributed by atoms with Gasteiger partial charge in [0, 0.05) is 17.1 Å². The first-order valence-corrected chi connectivity index (χ1v) is 11.7. The molecular formula is C24H26N4O2S. The number of benzene rings is 2. The maximum absolute atomic E-state index is 13.3. The fraction of sp³-hybridized carbons (Fsp3) is 0.375. The van der Waals surface area contributed by atoms with Crippen molar-refractivity contribution in [3.63, 3.8) is 0 Å². The van der Waals surface area contributed by atoms with Gasteiger partial charge < -0.3 is 5.32 Å². The van der Waals surface area contributed by atoms with E-state index in [2.05, 4.69) is 18.3 Å². The molecule has 0 bridgehead atoms. The molecule has 1 N–H and O–H groups in total. The van der Waals surface area contributed by atoms with Crippen LogP contribution in [0.2, 0.25) is 0 Å². The first kappa shape index (κ1) is 21.3. The van der Waals surface area contributed by atoms with Crippen molar-refractivity contribution < 1.29 is 4.79 Å². The summed E-state index contributed by atoms with van der Waals surface area (Å²) < 4.78 is 3.31. The first-order chi connectivity index (χ1) is 14.8. The van der Waals surface area contributed by atoms with Crippen LogP contribution in [-0.2, 0) is 0 Å². The van der Waals surface area contributed by atoms with E-state index in [1.165, 1.54) is 0 Å². The van der Waals surface area contributed by atoms with E-state index in [1.54, 1.807) is 39.5 Å². The van der Waals surface area contributed by atoms with Gasteiger partial charge in [-0.2, -0.15) is 17.0 Å². The second kappa shape index (κ2) is 8.27. The van der Waals surface area contributed by atoms with Crippen molar-refractivity contribution in [2.24, 2.45) is 0 Å². The van der Waals surface area contributed by atoms with E-state index in [9.17, 15) is 14.9 Å². The molecule has 0 radical (unpaired) electrons. The first-order valence-electron chi connectivity index (χ1n) is 10.5. The lowest BCUT2D eigenvalue weighted by Gasteiger charge is -2.34. The van der Waals surface area contributed by atoms with Gasteiger partial charge in [-0.1, -0.05) is 6.07 Å². The van der Waals surface area contributed by atoms with Gasteiger partial charge in [-0.25, -0.2) is 4.79 Å². The summed E-state index contributed by atoms with van der Waals surface area (Å²) in [6, 6.07) is 14.4. The largest absolute Gasteiger partial charge is 0.347 e. The summed E-state index contributed by atoms with van der Waals surface area (Å²) in [7, 11) is 0. The number of rotatable bonds is 4. The number of aromatic nitrogens is 2. The molecule has 31 heavy (non-hydrogen) atoms. The molecule has 0 unspecified atom stereocenters. The quantitative estimate of drug-likeness (QED) is 0.665. The van der Waals surface area contributed by atoms with Crippen LogP contribution in [0, 0.1) is 11.3 Å². The summed E-state index contributed by atoms with van der Waals surface area (Å²) in [5.41, 5.74) is 2.71. The van der Waals surface area contributed by atoms with Crippen LogP contribution in [0.4, 0.5) is 0 Å². The molecule has 160 valence electrons. The Morgan fingerprint density at radius 1 is 1.16 bits per heavy atom. The second-order valence-electron chi connectivity index (χ2n) is 8.57. The minimum atomic E-state index is -0.196. The number of nitrogens with one attached hydrogen (secondary N) is 1. The molecule has 1 aliphatic rings. The number of hydrogen-bond donors (Lipinski definition) is 1. The van der Waals surface area contributed by atoms with Gasteiger partial charge in [0.1, 0.15) is 0 Å². The monoisotopic (exact) mass is 434 g/mol. The Kier molecular flexibility index (Phi) is 5.67. The van der Waals surface area contributed by atoms with Crippen LogP contribution < -0.4 is 11.0 Å². The Bertz CT molecular complexity index is 1240. The van der Waals surface area contributed by atoms with Crippen LogP contribution in [0.3, 0.4) is 0 Å². The van der Waals surface area contributed by atoms with E-state index in [0.29, 0.717) is 27.8 Å². The van der Waals surface area contributed by atoms with E-state index >= 15 is 0 Å². The van der Waals surface area contributed by atoms with E-state index in [0.717, 1.165) is 24.3 Å². The van der Waals surface area contributed by atoms with Gasteiger partial charge in [-0.05, 0) is 81.5 Å². The third-order valence-corrected chi connectivity index (χ3v) is 6.88. The van der Waals surface area contributed by atoms with Crippen molar-refractivity contribution in [3.05, 3.63) is 64.1 Å². The molecule has 0 spiro atoms. The van der Waals surface area contributed by atoms with Crippen molar-refractivity contribution in [1.29, 1.82) is 5.26 Å². The highest BCUT2D eigenvalue weighted by molar-refractivity contribution is 7.99. The lowest BCUT2D eigenvalue weighted by Crippen LogP contribution is -2.48. The Morgan fingerprint density at radius 2 is 1.90 bits per heavy atom. The van der Waals surface area contributed by atoms with Crippen LogP contribution in [0.1, 0.15) is 55.6 Å². The Morgan fingerprint density at radius 3 is 2.58 bits per heavy atom. The number of thioether (sulfide) groups is 1. The number of hydrogen-bond acceptors (Lipinski definition) is 4. The summed E-state index contributed by atoms with van der Waals surface area (Å²) in [5, 5.41) is 12.5. The third-order valence-electron chi connectivity index (χ3n) is 5.90. The molecular weight excluding hydrogens is 408 g/mol. The van der Waals surface area contributed by atoms with Gasteiger partial charge in [-0.15, -0.1) is 0 Å². The Balaban J connectivity index is 1.81. The van der Waals surface area contributed by atoms with Gasteiger partial charge in [0.2, 0.25) is 0 Å². The molecule has 2 heterocycles. The van der Waals surface area contributed by atoms with Crippen molar-refractivity contribution in [3.8, 4) is 11.8 Å². The lowest BCUT2D eigenvalue weighted by molar-refractivity contribution is 0.0901. The molecule has 4 rings (SSSR count). The zero-order valence-corrected chi connectivity index (χ0v) is 18.8. The van der Waals surface area contributed by atoms with E-state index < -0.39 is 0 Å².